The highest BCUT2D eigenvalue weighted by Crippen LogP contribution is 2.29. The van der Waals surface area contributed by atoms with Gasteiger partial charge >= 0.3 is 6.18 Å². The topological polar surface area (TPSA) is 20.3 Å². The number of carbonyl (C=O) groups is 1. The van der Waals surface area contributed by atoms with Crippen molar-refractivity contribution >= 4 is 5.91 Å². The summed E-state index contributed by atoms with van der Waals surface area (Å²) in [6.07, 6.45) is -1.69. The standard InChI is InChI=1S/C15H16F3NO/c1-2-11-9-14(20)19(10-11)7-6-12-4-3-5-13(8-12)15(16,17)18/h2-5,8,11H,1,6-7,9-10H2. The first-order chi connectivity index (χ1) is 9.40. The first kappa shape index (κ1) is 14.6. The van der Waals surface area contributed by atoms with E-state index >= 15 is 0 Å². The minimum absolute atomic E-state index is 0.0434. The van der Waals surface area contributed by atoms with Crippen LogP contribution in [0.25, 0.3) is 0 Å². The maximum atomic E-state index is 12.6. The van der Waals surface area contributed by atoms with Crippen LogP contribution in [0.15, 0.2) is 36.9 Å². The lowest BCUT2D eigenvalue weighted by molar-refractivity contribution is -0.137. The average Bonchev–Trinajstić information content (AvgIpc) is 2.76. The molecule has 0 N–H and O–H groups in total. The Morgan fingerprint density at radius 1 is 1.40 bits per heavy atom. The predicted octanol–water partition coefficient (Wildman–Crippen LogP) is 3.28. The smallest absolute Gasteiger partial charge is 0.342 e. The number of hydrogen-bond donors (Lipinski definition) is 0. The molecule has 20 heavy (non-hydrogen) atoms. The van der Waals surface area contributed by atoms with Gasteiger partial charge in [0.15, 0.2) is 0 Å². The Morgan fingerprint density at radius 2 is 2.15 bits per heavy atom. The summed E-state index contributed by atoms with van der Waals surface area (Å²) in [5.41, 5.74) is -0.0543. The second-order valence-corrected chi connectivity index (χ2v) is 4.99. The van der Waals surface area contributed by atoms with E-state index in [2.05, 4.69) is 6.58 Å². The quantitative estimate of drug-likeness (QED) is 0.777. The lowest BCUT2D eigenvalue weighted by atomic mass is 10.1. The molecule has 1 atom stereocenters. The van der Waals surface area contributed by atoms with E-state index in [-0.39, 0.29) is 11.8 Å². The summed E-state index contributed by atoms with van der Waals surface area (Å²) in [7, 11) is 0. The summed E-state index contributed by atoms with van der Waals surface area (Å²) in [6, 6.07) is 5.25. The van der Waals surface area contributed by atoms with E-state index in [4.69, 9.17) is 0 Å². The Morgan fingerprint density at radius 3 is 2.75 bits per heavy atom. The number of benzene rings is 1. The largest absolute Gasteiger partial charge is 0.416 e. The van der Waals surface area contributed by atoms with Crippen LogP contribution in [0.4, 0.5) is 13.2 Å². The first-order valence-corrected chi connectivity index (χ1v) is 6.46. The van der Waals surface area contributed by atoms with Crippen LogP contribution in [0.1, 0.15) is 17.5 Å². The lowest BCUT2D eigenvalue weighted by Gasteiger charge is -2.16. The number of alkyl halides is 3. The Kier molecular flexibility index (Phi) is 4.16. The molecule has 0 aliphatic carbocycles. The Bertz CT molecular complexity index is 510. The third-order valence-corrected chi connectivity index (χ3v) is 3.50. The number of hydrogen-bond acceptors (Lipinski definition) is 1. The summed E-state index contributed by atoms with van der Waals surface area (Å²) >= 11 is 0. The highest BCUT2D eigenvalue weighted by molar-refractivity contribution is 5.79. The highest BCUT2D eigenvalue weighted by atomic mass is 19.4. The molecule has 1 fully saturated rings. The minimum atomic E-state index is -4.33. The number of amides is 1. The van der Waals surface area contributed by atoms with Crippen molar-refractivity contribution in [2.45, 2.75) is 19.0 Å². The molecular weight excluding hydrogens is 267 g/mol. The molecule has 0 bridgehead atoms. The maximum Gasteiger partial charge on any atom is 0.416 e. The van der Waals surface area contributed by atoms with Crippen LogP contribution >= 0.6 is 0 Å². The molecule has 1 unspecified atom stereocenters. The van der Waals surface area contributed by atoms with E-state index < -0.39 is 11.7 Å². The van der Waals surface area contributed by atoms with Crippen LogP contribution in [0.5, 0.6) is 0 Å². The van der Waals surface area contributed by atoms with Gasteiger partial charge in [-0.3, -0.25) is 4.79 Å². The van der Waals surface area contributed by atoms with Gasteiger partial charge in [0.1, 0.15) is 0 Å². The van der Waals surface area contributed by atoms with E-state index in [1.165, 1.54) is 6.07 Å². The molecular formula is C15H16F3NO. The van der Waals surface area contributed by atoms with Gasteiger partial charge in [0.2, 0.25) is 5.91 Å². The van der Waals surface area contributed by atoms with Gasteiger partial charge < -0.3 is 4.90 Å². The summed E-state index contributed by atoms with van der Waals surface area (Å²) in [5.74, 6) is 0.200. The molecule has 2 nitrogen and oxygen atoms in total. The molecule has 0 saturated carbocycles. The van der Waals surface area contributed by atoms with Crippen LogP contribution in [0, 0.1) is 5.92 Å². The molecule has 108 valence electrons. The number of rotatable bonds is 4. The van der Waals surface area contributed by atoms with Crippen molar-refractivity contribution in [1.29, 1.82) is 0 Å². The van der Waals surface area contributed by atoms with Gasteiger partial charge in [-0.2, -0.15) is 13.2 Å². The van der Waals surface area contributed by atoms with Crippen LogP contribution < -0.4 is 0 Å². The van der Waals surface area contributed by atoms with Crippen molar-refractivity contribution in [2.75, 3.05) is 13.1 Å². The fraction of sp³-hybridized carbons (Fsp3) is 0.400. The van der Waals surface area contributed by atoms with Crippen molar-refractivity contribution in [3.05, 3.63) is 48.0 Å². The van der Waals surface area contributed by atoms with Crippen LogP contribution in [-0.2, 0) is 17.4 Å². The van der Waals surface area contributed by atoms with E-state index in [0.29, 0.717) is 31.5 Å². The van der Waals surface area contributed by atoms with Crippen molar-refractivity contribution in [3.63, 3.8) is 0 Å². The molecule has 1 aromatic rings. The van der Waals surface area contributed by atoms with Gasteiger partial charge in [-0.1, -0.05) is 24.3 Å². The van der Waals surface area contributed by atoms with Gasteiger partial charge in [-0.05, 0) is 18.1 Å². The van der Waals surface area contributed by atoms with Gasteiger partial charge in [0.25, 0.3) is 0 Å². The zero-order chi connectivity index (χ0) is 14.8. The molecule has 1 heterocycles. The third-order valence-electron chi connectivity index (χ3n) is 3.50. The fourth-order valence-corrected chi connectivity index (χ4v) is 2.34. The third kappa shape index (κ3) is 3.40. The summed E-state index contributed by atoms with van der Waals surface area (Å²) < 4.78 is 37.8. The van der Waals surface area contributed by atoms with Crippen molar-refractivity contribution in [1.82, 2.24) is 4.90 Å². The summed E-state index contributed by atoms with van der Waals surface area (Å²) in [4.78, 5) is 13.4. The molecule has 1 saturated heterocycles. The van der Waals surface area contributed by atoms with Gasteiger partial charge in [-0.15, -0.1) is 6.58 Å². The molecule has 5 heteroatoms. The predicted molar refractivity (Wildman–Crippen MR) is 70.0 cm³/mol. The number of halogens is 3. The number of carbonyl (C=O) groups excluding carboxylic acids is 1. The summed E-state index contributed by atoms with van der Waals surface area (Å²) in [5, 5.41) is 0. The molecule has 0 aromatic heterocycles. The molecule has 0 spiro atoms. The van der Waals surface area contributed by atoms with E-state index in [1.807, 2.05) is 0 Å². The van der Waals surface area contributed by atoms with E-state index in [9.17, 15) is 18.0 Å². The Balaban J connectivity index is 1.98. The number of likely N-dealkylation sites (tertiary alicyclic amines) is 1. The summed E-state index contributed by atoms with van der Waals surface area (Å²) in [6.45, 7) is 4.73. The average molecular weight is 283 g/mol. The number of nitrogens with zero attached hydrogens (tertiary/aromatic N) is 1. The van der Waals surface area contributed by atoms with Gasteiger partial charge in [0.05, 0.1) is 5.56 Å². The van der Waals surface area contributed by atoms with Gasteiger partial charge in [0, 0.05) is 25.4 Å². The van der Waals surface area contributed by atoms with Crippen molar-refractivity contribution in [2.24, 2.45) is 5.92 Å². The first-order valence-electron chi connectivity index (χ1n) is 6.46. The monoisotopic (exact) mass is 283 g/mol. The lowest BCUT2D eigenvalue weighted by Crippen LogP contribution is -2.27. The maximum absolute atomic E-state index is 12.6. The molecule has 1 amide bonds. The van der Waals surface area contributed by atoms with E-state index in [1.54, 1.807) is 17.0 Å². The zero-order valence-corrected chi connectivity index (χ0v) is 11.0. The van der Waals surface area contributed by atoms with Crippen molar-refractivity contribution in [3.8, 4) is 0 Å². The molecule has 1 aliphatic rings. The second kappa shape index (κ2) is 5.69. The zero-order valence-electron chi connectivity index (χ0n) is 11.0. The molecule has 1 aliphatic heterocycles. The Hall–Kier alpha value is -1.78. The molecule has 1 aromatic carbocycles. The van der Waals surface area contributed by atoms with Crippen LogP contribution in [-0.4, -0.2) is 23.9 Å². The van der Waals surface area contributed by atoms with Crippen molar-refractivity contribution < 1.29 is 18.0 Å². The van der Waals surface area contributed by atoms with Crippen LogP contribution in [0.2, 0.25) is 0 Å². The Labute approximate surface area is 115 Å². The normalized spacial score (nSPS) is 19.4. The molecule has 0 radical (unpaired) electrons. The SMILES string of the molecule is C=CC1CC(=O)N(CCc2cccc(C(F)(F)F)c2)C1. The minimum Gasteiger partial charge on any atom is -0.342 e. The van der Waals surface area contributed by atoms with Gasteiger partial charge in [-0.25, -0.2) is 0 Å². The van der Waals surface area contributed by atoms with Crippen LogP contribution in [0.3, 0.4) is 0 Å². The molecule has 2 rings (SSSR count). The second-order valence-electron chi connectivity index (χ2n) is 4.99. The fourth-order valence-electron chi connectivity index (χ4n) is 2.34. The van der Waals surface area contributed by atoms with E-state index in [0.717, 1.165) is 12.1 Å². The highest BCUT2D eigenvalue weighted by Gasteiger charge is 2.30.